The number of anilines is 2. The number of aliphatic imine (C=N–C) groups is 1. The maximum Gasteiger partial charge on any atom is 0.286 e. The molecule has 3 aromatic carbocycles. The van der Waals surface area contributed by atoms with Crippen molar-refractivity contribution >= 4 is 68.8 Å². The van der Waals surface area contributed by atoms with Gasteiger partial charge in [-0.3, -0.25) is 19.6 Å². The largest absolute Gasteiger partial charge is 0.333 e. The van der Waals surface area contributed by atoms with Crippen molar-refractivity contribution in [3.05, 3.63) is 100 Å². The standard InChI is InChI=1S/C25H16ClN5O2S/c26-22-18(29-23(32)16-5-2-1-3-6-16)7-4-8-19(22)30-25-31-24(33)21(34-25)14-15-9-10-17-20(13-15)28-12-11-27-17/h1-14H,(H,29,32)(H,30,31,33)/b21-14-. The van der Waals surface area contributed by atoms with Gasteiger partial charge in [-0.25, -0.2) is 0 Å². The van der Waals surface area contributed by atoms with Crippen LogP contribution in [0.5, 0.6) is 0 Å². The Morgan fingerprint density at radius 2 is 1.68 bits per heavy atom. The van der Waals surface area contributed by atoms with Gasteiger partial charge in [-0.05, 0) is 59.8 Å². The van der Waals surface area contributed by atoms with Crippen molar-refractivity contribution in [2.75, 3.05) is 10.6 Å². The van der Waals surface area contributed by atoms with Crippen molar-refractivity contribution in [2.24, 2.45) is 4.99 Å². The molecular weight excluding hydrogens is 470 g/mol. The van der Waals surface area contributed by atoms with Gasteiger partial charge in [0, 0.05) is 18.0 Å². The highest BCUT2D eigenvalue weighted by atomic mass is 35.5. The molecule has 2 N–H and O–H groups in total. The number of hydrogen-bond donors (Lipinski definition) is 2. The third-order valence-electron chi connectivity index (χ3n) is 4.94. The molecule has 166 valence electrons. The zero-order chi connectivity index (χ0) is 23.5. The maximum atomic E-state index is 12.5. The first-order chi connectivity index (χ1) is 16.6. The number of carbonyl (C=O) groups excluding carboxylic acids is 2. The normalized spacial score (nSPS) is 14.3. The molecule has 7 nitrogen and oxygen atoms in total. The molecule has 0 bridgehead atoms. The van der Waals surface area contributed by atoms with Crippen LogP contribution < -0.4 is 10.6 Å². The van der Waals surface area contributed by atoms with Gasteiger partial charge in [-0.15, -0.1) is 0 Å². The molecule has 34 heavy (non-hydrogen) atoms. The second-order valence-corrected chi connectivity index (χ2v) is 8.66. The van der Waals surface area contributed by atoms with Crippen molar-refractivity contribution in [3.8, 4) is 0 Å². The lowest BCUT2D eigenvalue weighted by Crippen LogP contribution is -2.13. The average Bonchev–Trinajstić information content (AvgIpc) is 3.20. The molecule has 9 heteroatoms. The molecule has 1 aliphatic heterocycles. The van der Waals surface area contributed by atoms with Crippen LogP contribution in [0.3, 0.4) is 0 Å². The van der Waals surface area contributed by atoms with Crippen LogP contribution in [0.1, 0.15) is 15.9 Å². The van der Waals surface area contributed by atoms with E-state index in [2.05, 4.69) is 25.6 Å². The van der Waals surface area contributed by atoms with E-state index in [9.17, 15) is 9.59 Å². The van der Waals surface area contributed by atoms with Gasteiger partial charge in [0.05, 0.1) is 32.3 Å². The highest BCUT2D eigenvalue weighted by Crippen LogP contribution is 2.34. The summed E-state index contributed by atoms with van der Waals surface area (Å²) in [5.74, 6) is -0.621. The Kier molecular flexibility index (Phi) is 6.07. The summed E-state index contributed by atoms with van der Waals surface area (Å²) in [4.78, 5) is 38.1. The van der Waals surface area contributed by atoms with E-state index in [1.807, 2.05) is 24.3 Å². The van der Waals surface area contributed by atoms with Crippen molar-refractivity contribution in [3.63, 3.8) is 0 Å². The second-order valence-electron chi connectivity index (χ2n) is 7.25. The summed E-state index contributed by atoms with van der Waals surface area (Å²) in [5, 5.41) is 6.60. The lowest BCUT2D eigenvalue weighted by atomic mass is 10.2. The lowest BCUT2D eigenvalue weighted by molar-refractivity contribution is -0.113. The number of halogens is 1. The Balaban J connectivity index is 1.31. The minimum Gasteiger partial charge on any atom is -0.333 e. The molecule has 0 aliphatic carbocycles. The minimum absolute atomic E-state index is 0.271. The van der Waals surface area contributed by atoms with Gasteiger partial charge < -0.3 is 10.6 Å². The fourth-order valence-electron chi connectivity index (χ4n) is 3.31. The van der Waals surface area contributed by atoms with Crippen LogP contribution in [0.15, 0.2) is 89.0 Å². The SMILES string of the molecule is O=C1N=C(Nc2cccc(NC(=O)c3ccccc3)c2Cl)S/C1=C\c1ccc2nccnc2c1. The molecule has 2 heterocycles. The predicted molar refractivity (Wildman–Crippen MR) is 137 cm³/mol. The van der Waals surface area contributed by atoms with Crippen molar-refractivity contribution in [1.82, 2.24) is 9.97 Å². The monoisotopic (exact) mass is 485 g/mol. The smallest absolute Gasteiger partial charge is 0.286 e. The molecule has 0 spiro atoms. The van der Waals surface area contributed by atoms with E-state index in [0.29, 0.717) is 32.0 Å². The number of carbonyl (C=O) groups is 2. The highest BCUT2D eigenvalue weighted by Gasteiger charge is 2.23. The number of nitrogens with zero attached hydrogens (tertiary/aromatic N) is 3. The molecule has 1 aliphatic rings. The molecule has 5 rings (SSSR count). The quantitative estimate of drug-likeness (QED) is 0.364. The Morgan fingerprint density at radius 1 is 0.912 bits per heavy atom. The Morgan fingerprint density at radius 3 is 2.50 bits per heavy atom. The van der Waals surface area contributed by atoms with Crippen LogP contribution in [0.4, 0.5) is 11.4 Å². The van der Waals surface area contributed by atoms with Gasteiger partial charge in [0.2, 0.25) is 0 Å². The van der Waals surface area contributed by atoms with E-state index >= 15 is 0 Å². The van der Waals surface area contributed by atoms with Gasteiger partial charge in [-0.2, -0.15) is 4.99 Å². The van der Waals surface area contributed by atoms with Crippen molar-refractivity contribution < 1.29 is 9.59 Å². The summed E-state index contributed by atoms with van der Waals surface area (Å²) in [5.41, 5.74) is 3.84. The lowest BCUT2D eigenvalue weighted by Gasteiger charge is -2.12. The first kappa shape index (κ1) is 21.8. The highest BCUT2D eigenvalue weighted by molar-refractivity contribution is 8.18. The Hall–Kier alpha value is -4.01. The first-order valence-corrected chi connectivity index (χ1v) is 11.4. The summed E-state index contributed by atoms with van der Waals surface area (Å²) < 4.78 is 0. The van der Waals surface area contributed by atoms with Gasteiger partial charge in [0.1, 0.15) is 0 Å². The number of hydrogen-bond acceptors (Lipinski definition) is 6. The van der Waals surface area contributed by atoms with Gasteiger partial charge in [0.25, 0.3) is 11.8 Å². The number of benzene rings is 3. The number of rotatable bonds is 4. The number of thioether (sulfide) groups is 1. The zero-order valence-electron chi connectivity index (χ0n) is 17.5. The third kappa shape index (κ3) is 4.68. The van der Waals surface area contributed by atoms with Crippen molar-refractivity contribution in [2.45, 2.75) is 0 Å². The Labute approximate surface area is 204 Å². The van der Waals surface area contributed by atoms with Crippen LogP contribution in [0.25, 0.3) is 17.1 Å². The van der Waals surface area contributed by atoms with Crippen molar-refractivity contribution in [1.29, 1.82) is 0 Å². The molecule has 0 atom stereocenters. The number of aromatic nitrogens is 2. The number of fused-ring (bicyclic) bond motifs is 1. The molecule has 0 unspecified atom stereocenters. The fraction of sp³-hybridized carbons (Fsp3) is 0. The predicted octanol–water partition coefficient (Wildman–Crippen LogP) is 5.62. The number of amides is 2. The summed E-state index contributed by atoms with van der Waals surface area (Å²) in [7, 11) is 0. The van der Waals surface area contributed by atoms with E-state index in [1.54, 1.807) is 60.9 Å². The van der Waals surface area contributed by atoms with Crippen LogP contribution in [0.2, 0.25) is 5.02 Å². The summed E-state index contributed by atoms with van der Waals surface area (Å²) in [6.45, 7) is 0. The molecule has 2 amide bonds. The van der Waals surface area contributed by atoms with E-state index in [-0.39, 0.29) is 11.8 Å². The van der Waals surface area contributed by atoms with Crippen LogP contribution in [-0.4, -0.2) is 26.9 Å². The molecule has 0 radical (unpaired) electrons. The topological polar surface area (TPSA) is 96.3 Å². The Bertz CT molecular complexity index is 1490. The summed E-state index contributed by atoms with van der Waals surface area (Å²) >= 11 is 7.73. The molecule has 4 aromatic rings. The van der Waals surface area contributed by atoms with Gasteiger partial charge >= 0.3 is 0 Å². The number of nitrogens with one attached hydrogen (secondary N) is 2. The maximum absolute atomic E-state index is 12.5. The van der Waals surface area contributed by atoms with Crippen LogP contribution in [0, 0.1) is 0 Å². The summed E-state index contributed by atoms with van der Waals surface area (Å²) in [6.07, 6.45) is 5.02. The number of amidine groups is 1. The summed E-state index contributed by atoms with van der Waals surface area (Å²) in [6, 6.07) is 19.7. The van der Waals surface area contributed by atoms with Gasteiger partial charge in [-0.1, -0.05) is 41.9 Å². The van der Waals surface area contributed by atoms with E-state index in [0.717, 1.165) is 16.6 Å². The molecule has 0 saturated carbocycles. The fourth-order valence-corrected chi connectivity index (χ4v) is 4.35. The molecule has 1 aromatic heterocycles. The average molecular weight is 486 g/mol. The van der Waals surface area contributed by atoms with E-state index in [1.165, 1.54) is 11.8 Å². The molecular formula is C25H16ClN5O2S. The van der Waals surface area contributed by atoms with E-state index in [4.69, 9.17) is 11.6 Å². The zero-order valence-corrected chi connectivity index (χ0v) is 19.1. The second kappa shape index (κ2) is 9.46. The van der Waals surface area contributed by atoms with Crippen LogP contribution in [-0.2, 0) is 4.79 Å². The van der Waals surface area contributed by atoms with Gasteiger partial charge in [0.15, 0.2) is 5.17 Å². The van der Waals surface area contributed by atoms with E-state index < -0.39 is 0 Å². The van der Waals surface area contributed by atoms with Crippen LogP contribution >= 0.6 is 23.4 Å². The molecule has 0 fully saturated rings. The third-order valence-corrected chi connectivity index (χ3v) is 6.24. The minimum atomic E-state index is -0.351. The molecule has 0 saturated heterocycles. The first-order valence-electron chi connectivity index (χ1n) is 10.2.